The zero-order chi connectivity index (χ0) is 14.9. The number of nitrogens with zero attached hydrogens (tertiary/aromatic N) is 2. The summed E-state index contributed by atoms with van der Waals surface area (Å²) < 4.78 is 2.00. The molecule has 5 heteroatoms. The smallest absolute Gasteiger partial charge is 0.133 e. The molecule has 112 valence electrons. The number of halogens is 1. The molecule has 0 radical (unpaired) electrons. The summed E-state index contributed by atoms with van der Waals surface area (Å²) in [5, 5.41) is 13.4. The summed E-state index contributed by atoms with van der Waals surface area (Å²) in [6, 6.07) is 10.00. The lowest BCUT2D eigenvalue weighted by Gasteiger charge is -2.09. The molecule has 22 heavy (non-hydrogen) atoms. The second kappa shape index (κ2) is 5.78. The predicted molar refractivity (Wildman–Crippen MR) is 93.3 cm³/mol. The van der Waals surface area contributed by atoms with E-state index in [1.807, 2.05) is 28.9 Å². The summed E-state index contributed by atoms with van der Waals surface area (Å²) in [5.74, 6) is 1.11. The monoisotopic (exact) mass is 329 g/mol. The predicted octanol–water partition coefficient (Wildman–Crippen LogP) is 5.00. The maximum Gasteiger partial charge on any atom is 0.133 e. The molecule has 1 aliphatic heterocycles. The van der Waals surface area contributed by atoms with Gasteiger partial charge in [-0.25, -0.2) is 4.68 Å². The SMILES string of the molecule is Clc1cccc(-n2nc(-c3ccsc3)c3c2NCCCC3)c1. The highest BCUT2D eigenvalue weighted by atomic mass is 35.5. The summed E-state index contributed by atoms with van der Waals surface area (Å²) in [6.07, 6.45) is 3.44. The lowest BCUT2D eigenvalue weighted by molar-refractivity contribution is 0.780. The first-order valence-electron chi connectivity index (χ1n) is 7.47. The average Bonchev–Trinajstić information content (AvgIpc) is 3.09. The van der Waals surface area contributed by atoms with Gasteiger partial charge < -0.3 is 5.32 Å². The summed E-state index contributed by atoms with van der Waals surface area (Å²) in [5.41, 5.74) is 4.60. The minimum absolute atomic E-state index is 0.729. The number of aromatic nitrogens is 2. The van der Waals surface area contributed by atoms with Gasteiger partial charge in [-0.15, -0.1) is 0 Å². The molecule has 0 unspecified atom stereocenters. The Balaban J connectivity index is 1.92. The van der Waals surface area contributed by atoms with E-state index < -0.39 is 0 Å². The van der Waals surface area contributed by atoms with Crippen LogP contribution in [0, 0.1) is 0 Å². The third-order valence-corrected chi connectivity index (χ3v) is 4.90. The Morgan fingerprint density at radius 3 is 3.00 bits per heavy atom. The number of nitrogens with one attached hydrogen (secondary N) is 1. The summed E-state index contributed by atoms with van der Waals surface area (Å²) >= 11 is 7.86. The molecular formula is C17H16ClN3S. The van der Waals surface area contributed by atoms with Crippen molar-refractivity contribution in [2.45, 2.75) is 19.3 Å². The summed E-state index contributed by atoms with van der Waals surface area (Å²) in [6.45, 7) is 0.988. The molecule has 1 aromatic carbocycles. The van der Waals surface area contributed by atoms with Gasteiger partial charge in [0.05, 0.1) is 11.4 Å². The fourth-order valence-corrected chi connectivity index (χ4v) is 3.75. The van der Waals surface area contributed by atoms with Crippen LogP contribution < -0.4 is 5.32 Å². The molecule has 3 nitrogen and oxygen atoms in total. The molecule has 0 bridgehead atoms. The Labute approximate surface area is 138 Å². The molecule has 0 amide bonds. The standard InChI is InChI=1S/C17H16ClN3S/c18-13-4-3-5-14(10-13)21-17-15(6-1-2-8-19-17)16(20-21)12-7-9-22-11-12/h3-5,7,9-11,19H,1-2,6,8H2. The van der Waals surface area contributed by atoms with Crippen LogP contribution in [0.2, 0.25) is 5.02 Å². The summed E-state index contributed by atoms with van der Waals surface area (Å²) in [4.78, 5) is 0. The second-order valence-electron chi connectivity index (χ2n) is 5.46. The highest BCUT2D eigenvalue weighted by Crippen LogP contribution is 2.35. The van der Waals surface area contributed by atoms with Crippen LogP contribution >= 0.6 is 22.9 Å². The van der Waals surface area contributed by atoms with E-state index in [2.05, 4.69) is 22.1 Å². The van der Waals surface area contributed by atoms with E-state index in [4.69, 9.17) is 16.7 Å². The van der Waals surface area contributed by atoms with Crippen molar-refractivity contribution < 1.29 is 0 Å². The first-order chi connectivity index (χ1) is 10.8. The highest BCUT2D eigenvalue weighted by Gasteiger charge is 2.21. The van der Waals surface area contributed by atoms with Crippen molar-refractivity contribution in [2.24, 2.45) is 0 Å². The van der Waals surface area contributed by atoms with Crippen LogP contribution in [0.4, 0.5) is 5.82 Å². The van der Waals surface area contributed by atoms with E-state index in [1.165, 1.54) is 24.0 Å². The molecule has 0 saturated heterocycles. The van der Waals surface area contributed by atoms with E-state index in [0.29, 0.717) is 0 Å². The maximum absolute atomic E-state index is 6.16. The lowest BCUT2D eigenvalue weighted by atomic mass is 10.1. The van der Waals surface area contributed by atoms with Crippen LogP contribution in [0.25, 0.3) is 16.9 Å². The zero-order valence-corrected chi connectivity index (χ0v) is 13.6. The molecule has 0 spiro atoms. The largest absolute Gasteiger partial charge is 0.370 e. The van der Waals surface area contributed by atoms with Gasteiger partial charge in [0, 0.05) is 28.1 Å². The minimum atomic E-state index is 0.729. The normalized spacial score (nSPS) is 14.2. The second-order valence-corrected chi connectivity index (χ2v) is 6.68. The Bertz CT molecular complexity index is 792. The van der Waals surface area contributed by atoms with Crippen LogP contribution in [-0.2, 0) is 6.42 Å². The molecule has 0 atom stereocenters. The first-order valence-corrected chi connectivity index (χ1v) is 8.79. The molecular weight excluding hydrogens is 314 g/mol. The van der Waals surface area contributed by atoms with Gasteiger partial charge in [0.1, 0.15) is 5.82 Å². The van der Waals surface area contributed by atoms with E-state index in [9.17, 15) is 0 Å². The van der Waals surface area contributed by atoms with Gasteiger partial charge in [0.2, 0.25) is 0 Å². The van der Waals surface area contributed by atoms with E-state index in [0.717, 1.165) is 35.2 Å². The van der Waals surface area contributed by atoms with E-state index in [1.54, 1.807) is 11.3 Å². The number of rotatable bonds is 2. The number of thiophene rings is 1. The molecule has 2 aromatic heterocycles. The van der Waals surface area contributed by atoms with Crippen molar-refractivity contribution in [3.8, 4) is 16.9 Å². The minimum Gasteiger partial charge on any atom is -0.370 e. The first kappa shape index (κ1) is 13.9. The van der Waals surface area contributed by atoms with Gasteiger partial charge in [-0.3, -0.25) is 0 Å². The van der Waals surface area contributed by atoms with Gasteiger partial charge in [0.25, 0.3) is 0 Å². The van der Waals surface area contributed by atoms with Crippen molar-refractivity contribution in [3.63, 3.8) is 0 Å². The topological polar surface area (TPSA) is 29.9 Å². The Kier molecular flexibility index (Phi) is 3.64. The van der Waals surface area contributed by atoms with Crippen LogP contribution in [0.5, 0.6) is 0 Å². The maximum atomic E-state index is 6.16. The average molecular weight is 330 g/mol. The fraction of sp³-hybridized carbons (Fsp3) is 0.235. The van der Waals surface area contributed by atoms with Gasteiger partial charge in [-0.05, 0) is 48.9 Å². The number of anilines is 1. The van der Waals surface area contributed by atoms with Gasteiger partial charge >= 0.3 is 0 Å². The third kappa shape index (κ3) is 2.42. The number of benzene rings is 1. The quantitative estimate of drug-likeness (QED) is 0.716. The molecule has 0 saturated carbocycles. The van der Waals surface area contributed by atoms with Gasteiger partial charge in [0.15, 0.2) is 0 Å². The van der Waals surface area contributed by atoms with Crippen molar-refractivity contribution in [2.75, 3.05) is 11.9 Å². The molecule has 3 aromatic rings. The molecule has 1 N–H and O–H groups in total. The van der Waals surface area contributed by atoms with Crippen LogP contribution in [0.1, 0.15) is 18.4 Å². The fourth-order valence-electron chi connectivity index (χ4n) is 2.93. The number of hydrogen-bond acceptors (Lipinski definition) is 3. The number of hydrogen-bond donors (Lipinski definition) is 1. The molecule has 0 aliphatic carbocycles. The van der Waals surface area contributed by atoms with E-state index >= 15 is 0 Å². The molecule has 0 fully saturated rings. The lowest BCUT2D eigenvalue weighted by Crippen LogP contribution is -2.07. The molecule has 4 rings (SSSR count). The van der Waals surface area contributed by atoms with Gasteiger partial charge in [-0.2, -0.15) is 16.4 Å². The van der Waals surface area contributed by atoms with Crippen molar-refractivity contribution in [3.05, 3.63) is 51.7 Å². The zero-order valence-electron chi connectivity index (χ0n) is 12.1. The Hall–Kier alpha value is -1.78. The van der Waals surface area contributed by atoms with Crippen LogP contribution in [0.15, 0.2) is 41.1 Å². The number of fused-ring (bicyclic) bond motifs is 1. The van der Waals surface area contributed by atoms with E-state index in [-0.39, 0.29) is 0 Å². The molecule has 1 aliphatic rings. The van der Waals surface area contributed by atoms with Crippen LogP contribution in [-0.4, -0.2) is 16.3 Å². The highest BCUT2D eigenvalue weighted by molar-refractivity contribution is 7.08. The van der Waals surface area contributed by atoms with Crippen molar-refractivity contribution >= 4 is 28.8 Å². The summed E-state index contributed by atoms with van der Waals surface area (Å²) in [7, 11) is 0. The Morgan fingerprint density at radius 1 is 1.23 bits per heavy atom. The van der Waals surface area contributed by atoms with Crippen LogP contribution in [0.3, 0.4) is 0 Å². The van der Waals surface area contributed by atoms with Crippen molar-refractivity contribution in [1.82, 2.24) is 9.78 Å². The Morgan fingerprint density at radius 2 is 2.18 bits per heavy atom. The third-order valence-electron chi connectivity index (χ3n) is 3.98. The molecule has 3 heterocycles. The van der Waals surface area contributed by atoms with Crippen molar-refractivity contribution in [1.29, 1.82) is 0 Å². The van der Waals surface area contributed by atoms with Gasteiger partial charge in [-0.1, -0.05) is 17.7 Å².